The van der Waals surface area contributed by atoms with Crippen LogP contribution < -0.4 is 0 Å². The zero-order chi connectivity index (χ0) is 20.4. The molecule has 150 valence electrons. The van der Waals surface area contributed by atoms with Crippen LogP contribution >= 0.6 is 0 Å². The summed E-state index contributed by atoms with van der Waals surface area (Å²) in [5.74, 6) is -0.803. The first-order chi connectivity index (χ1) is 13.5. The van der Waals surface area contributed by atoms with E-state index in [1.165, 1.54) is 0 Å². The maximum atomic E-state index is 11.5. The molecule has 2 aromatic carbocycles. The number of nitro benzene ring substituents is 1. The highest BCUT2D eigenvalue weighted by Crippen LogP contribution is 2.33. The fourth-order valence-electron chi connectivity index (χ4n) is 3.32. The van der Waals surface area contributed by atoms with E-state index in [0.717, 1.165) is 5.56 Å². The number of hydrogen-bond donors (Lipinski definition) is 0. The Morgan fingerprint density at radius 1 is 1.11 bits per heavy atom. The molecule has 0 aliphatic rings. The summed E-state index contributed by atoms with van der Waals surface area (Å²) in [6.07, 6.45) is 3.78. The molecule has 2 rings (SSSR count). The number of nitrogens with zero attached hydrogens (tertiary/aromatic N) is 2. The van der Waals surface area contributed by atoms with E-state index in [-0.39, 0.29) is 16.5 Å². The molecule has 0 radical (unpaired) electrons. The number of rotatable bonds is 11. The molecule has 0 spiro atoms. The first-order valence-electron chi connectivity index (χ1n) is 9.43. The lowest BCUT2D eigenvalue weighted by Gasteiger charge is -2.31. The number of hydrogen-bond acceptors (Lipinski definition) is 5. The van der Waals surface area contributed by atoms with Crippen molar-refractivity contribution in [3.63, 3.8) is 0 Å². The number of para-hydroxylation sites is 1. The number of ether oxygens (including phenoxy) is 2. The van der Waals surface area contributed by atoms with Gasteiger partial charge >= 0.3 is 0 Å². The number of methoxy groups -OCH3 is 2. The fraction of sp³-hybridized carbons (Fsp3) is 0.409. The van der Waals surface area contributed by atoms with Gasteiger partial charge in [-0.15, -0.1) is 0 Å². The van der Waals surface area contributed by atoms with Crippen molar-refractivity contribution < 1.29 is 14.4 Å². The van der Waals surface area contributed by atoms with Crippen molar-refractivity contribution in [2.75, 3.05) is 20.8 Å². The molecule has 0 aliphatic heterocycles. The quantitative estimate of drug-likeness (QED) is 0.237. The monoisotopic (exact) mass is 384 g/mol. The zero-order valence-corrected chi connectivity index (χ0v) is 16.7. The van der Waals surface area contributed by atoms with Gasteiger partial charge in [0.05, 0.1) is 4.92 Å². The van der Waals surface area contributed by atoms with E-state index in [9.17, 15) is 10.1 Å². The van der Waals surface area contributed by atoms with E-state index in [1.807, 2.05) is 55.6 Å². The first kappa shape index (κ1) is 21.7. The zero-order valence-electron chi connectivity index (χ0n) is 16.7. The molecule has 0 fully saturated rings. The molecule has 0 heterocycles. The van der Waals surface area contributed by atoms with E-state index in [0.29, 0.717) is 31.4 Å². The fourth-order valence-corrected chi connectivity index (χ4v) is 3.32. The van der Waals surface area contributed by atoms with Gasteiger partial charge in [0.1, 0.15) is 0 Å². The van der Waals surface area contributed by atoms with Crippen molar-refractivity contribution in [1.29, 1.82) is 0 Å². The van der Waals surface area contributed by atoms with Crippen LogP contribution in [0.25, 0.3) is 0 Å². The second kappa shape index (κ2) is 10.7. The van der Waals surface area contributed by atoms with Crippen LogP contribution in [0.3, 0.4) is 0 Å². The average molecular weight is 384 g/mol. The van der Waals surface area contributed by atoms with Gasteiger partial charge in [-0.05, 0) is 18.4 Å². The number of nitro groups is 1. The molecule has 0 aliphatic carbocycles. The van der Waals surface area contributed by atoms with Gasteiger partial charge in [0.2, 0.25) is 0 Å². The molecular weight excluding hydrogens is 356 g/mol. The minimum Gasteiger partial charge on any atom is -0.353 e. The van der Waals surface area contributed by atoms with Crippen molar-refractivity contribution in [3.8, 4) is 0 Å². The lowest BCUT2D eigenvalue weighted by molar-refractivity contribution is -0.385. The molecule has 28 heavy (non-hydrogen) atoms. The standard InChI is InChI=1S/C22H28N2O4/c1-4-22(27-2,28-3)15-14-19(17-23-16-18-10-6-5-7-11-18)20-12-8-9-13-21(20)24(25)26/h5-13,16,19H,4,14-15,17H2,1-3H3. The van der Waals surface area contributed by atoms with E-state index in [4.69, 9.17) is 9.47 Å². The highest BCUT2D eigenvalue weighted by molar-refractivity contribution is 5.79. The molecule has 0 aromatic heterocycles. The van der Waals surface area contributed by atoms with Crippen LogP contribution in [0.4, 0.5) is 5.69 Å². The van der Waals surface area contributed by atoms with Crippen LogP contribution in [0, 0.1) is 10.1 Å². The topological polar surface area (TPSA) is 74.0 Å². The maximum Gasteiger partial charge on any atom is 0.272 e. The van der Waals surface area contributed by atoms with Crippen LogP contribution in [-0.4, -0.2) is 37.7 Å². The Labute approximate surface area is 166 Å². The van der Waals surface area contributed by atoms with Gasteiger partial charge in [-0.3, -0.25) is 15.1 Å². The summed E-state index contributed by atoms with van der Waals surface area (Å²) in [6, 6.07) is 16.7. The Kier molecular flexibility index (Phi) is 8.29. The molecule has 2 aromatic rings. The third-order valence-electron chi connectivity index (χ3n) is 5.10. The van der Waals surface area contributed by atoms with Crippen molar-refractivity contribution >= 4 is 11.9 Å². The summed E-state index contributed by atoms with van der Waals surface area (Å²) in [5.41, 5.74) is 1.81. The minimum atomic E-state index is -0.690. The Hall–Kier alpha value is -2.57. The summed E-state index contributed by atoms with van der Waals surface area (Å²) in [5, 5.41) is 11.5. The van der Waals surface area contributed by atoms with Crippen molar-refractivity contribution in [2.45, 2.75) is 37.9 Å². The number of aliphatic imine (C=N–C) groups is 1. The highest BCUT2D eigenvalue weighted by atomic mass is 16.7. The molecule has 6 nitrogen and oxygen atoms in total. The van der Waals surface area contributed by atoms with E-state index >= 15 is 0 Å². The molecular formula is C22H28N2O4. The smallest absolute Gasteiger partial charge is 0.272 e. The SMILES string of the molecule is CCC(CCC(CN=Cc1ccccc1)c1ccccc1[N+](=O)[O-])(OC)OC. The minimum absolute atomic E-state index is 0.113. The third-order valence-corrected chi connectivity index (χ3v) is 5.10. The Morgan fingerprint density at radius 2 is 1.75 bits per heavy atom. The van der Waals surface area contributed by atoms with Crippen LogP contribution in [-0.2, 0) is 9.47 Å². The Morgan fingerprint density at radius 3 is 2.36 bits per heavy atom. The second-order valence-electron chi connectivity index (χ2n) is 6.63. The maximum absolute atomic E-state index is 11.5. The lowest BCUT2D eigenvalue weighted by Crippen LogP contribution is -2.33. The molecule has 0 bridgehead atoms. The van der Waals surface area contributed by atoms with Gasteiger partial charge < -0.3 is 9.47 Å². The molecule has 6 heteroatoms. The van der Waals surface area contributed by atoms with Crippen molar-refractivity contribution in [2.24, 2.45) is 4.99 Å². The van der Waals surface area contributed by atoms with Crippen LogP contribution in [0.15, 0.2) is 59.6 Å². The van der Waals surface area contributed by atoms with Gasteiger partial charge in [-0.2, -0.15) is 0 Å². The molecule has 1 unspecified atom stereocenters. The van der Waals surface area contributed by atoms with Crippen molar-refractivity contribution in [3.05, 3.63) is 75.8 Å². The summed E-state index contributed by atoms with van der Waals surface area (Å²) >= 11 is 0. The van der Waals surface area contributed by atoms with E-state index in [1.54, 1.807) is 26.4 Å². The summed E-state index contributed by atoms with van der Waals surface area (Å²) in [4.78, 5) is 15.7. The molecule has 0 saturated heterocycles. The van der Waals surface area contributed by atoms with Crippen LogP contribution in [0.1, 0.15) is 43.2 Å². The average Bonchev–Trinajstić information content (AvgIpc) is 2.74. The normalized spacial score (nSPS) is 13.0. The predicted molar refractivity (Wildman–Crippen MR) is 111 cm³/mol. The van der Waals surface area contributed by atoms with E-state index < -0.39 is 5.79 Å². The van der Waals surface area contributed by atoms with Crippen LogP contribution in [0.2, 0.25) is 0 Å². The Balaban J connectivity index is 2.25. The molecule has 0 N–H and O–H groups in total. The molecule has 0 amide bonds. The third kappa shape index (κ3) is 5.71. The van der Waals surface area contributed by atoms with Crippen LogP contribution in [0.5, 0.6) is 0 Å². The molecule has 0 saturated carbocycles. The number of benzene rings is 2. The van der Waals surface area contributed by atoms with Gasteiger partial charge in [-0.1, -0.05) is 55.5 Å². The first-order valence-corrected chi connectivity index (χ1v) is 9.43. The highest BCUT2D eigenvalue weighted by Gasteiger charge is 2.30. The predicted octanol–water partition coefficient (Wildman–Crippen LogP) is 4.98. The summed E-state index contributed by atoms with van der Waals surface area (Å²) in [6.45, 7) is 2.45. The summed E-state index contributed by atoms with van der Waals surface area (Å²) < 4.78 is 11.2. The summed E-state index contributed by atoms with van der Waals surface area (Å²) in [7, 11) is 3.25. The van der Waals surface area contributed by atoms with Crippen molar-refractivity contribution in [1.82, 2.24) is 0 Å². The van der Waals surface area contributed by atoms with Gasteiger partial charge in [0.25, 0.3) is 5.69 Å². The molecule has 1 atom stereocenters. The largest absolute Gasteiger partial charge is 0.353 e. The van der Waals surface area contributed by atoms with Gasteiger partial charge in [0, 0.05) is 50.9 Å². The van der Waals surface area contributed by atoms with Gasteiger partial charge in [0.15, 0.2) is 5.79 Å². The van der Waals surface area contributed by atoms with E-state index in [2.05, 4.69) is 4.99 Å². The second-order valence-corrected chi connectivity index (χ2v) is 6.63. The Bertz CT molecular complexity index is 765. The van der Waals surface area contributed by atoms with Gasteiger partial charge in [-0.25, -0.2) is 0 Å². The lowest BCUT2D eigenvalue weighted by atomic mass is 9.90.